The first-order valence-electron chi connectivity index (χ1n) is 9.27. The monoisotopic (exact) mass is 392 g/mol. The Hall–Kier alpha value is -2.78. The normalized spacial score (nSPS) is 21.0. The summed E-state index contributed by atoms with van der Waals surface area (Å²) >= 11 is 1.10. The number of thioether (sulfide) groups is 1. The standard InChI is InChI=1S/C22H20N2O3S/c1-12-9-16(10-13(2)19(12)23-3)27-15-7-8-17-14(11-15)5-4-6-18(17)20-21(25)24-22(26)28-20/h7-11,18,20H,4-6H2,1-2H3,(H,24,25,26)/t18-,20?/m1/s1. The summed E-state index contributed by atoms with van der Waals surface area (Å²) < 4.78 is 6.06. The molecule has 2 aromatic rings. The lowest BCUT2D eigenvalue weighted by atomic mass is 9.80. The SMILES string of the molecule is [C-]#[N+]c1c(C)cc(Oc2ccc3c(c2)CCC[C@H]3C2SC(=O)NC2=O)cc1C. The number of benzene rings is 2. The molecular weight excluding hydrogens is 372 g/mol. The van der Waals surface area contributed by atoms with Crippen LogP contribution < -0.4 is 10.1 Å². The average molecular weight is 392 g/mol. The minimum absolute atomic E-state index is 0.0525. The van der Waals surface area contributed by atoms with Gasteiger partial charge in [-0.25, -0.2) is 4.85 Å². The maximum Gasteiger partial charge on any atom is 0.286 e. The Balaban J connectivity index is 1.60. The molecule has 2 atom stereocenters. The summed E-state index contributed by atoms with van der Waals surface area (Å²) in [6, 6.07) is 9.75. The molecule has 0 saturated carbocycles. The molecule has 142 valence electrons. The summed E-state index contributed by atoms with van der Waals surface area (Å²) in [6.07, 6.45) is 2.82. The molecule has 2 aliphatic rings. The quantitative estimate of drug-likeness (QED) is 0.709. The molecule has 1 heterocycles. The molecule has 1 unspecified atom stereocenters. The van der Waals surface area contributed by atoms with Gasteiger partial charge in [0.1, 0.15) is 16.7 Å². The third-order valence-electron chi connectivity index (χ3n) is 5.37. The number of hydrogen-bond acceptors (Lipinski definition) is 4. The number of aryl methyl sites for hydroxylation is 3. The number of carbonyl (C=O) groups is 2. The molecule has 0 aromatic heterocycles. The number of ether oxygens (including phenoxy) is 1. The fraction of sp³-hybridized carbons (Fsp3) is 0.318. The molecule has 1 saturated heterocycles. The molecule has 28 heavy (non-hydrogen) atoms. The first kappa shape index (κ1) is 18.6. The number of hydrogen-bond donors (Lipinski definition) is 1. The molecule has 0 spiro atoms. The van der Waals surface area contributed by atoms with Gasteiger partial charge >= 0.3 is 0 Å². The zero-order chi connectivity index (χ0) is 19.8. The first-order valence-corrected chi connectivity index (χ1v) is 10.1. The van der Waals surface area contributed by atoms with E-state index in [2.05, 4.69) is 10.2 Å². The molecule has 4 rings (SSSR count). The van der Waals surface area contributed by atoms with Gasteiger partial charge in [-0.2, -0.15) is 0 Å². The van der Waals surface area contributed by atoms with E-state index in [4.69, 9.17) is 11.3 Å². The highest BCUT2D eigenvalue weighted by Gasteiger charge is 2.40. The van der Waals surface area contributed by atoms with Crippen LogP contribution in [-0.2, 0) is 11.2 Å². The highest BCUT2D eigenvalue weighted by Crippen LogP contribution is 2.42. The van der Waals surface area contributed by atoms with Gasteiger partial charge in [-0.05, 0) is 79.6 Å². The van der Waals surface area contributed by atoms with Gasteiger partial charge in [0, 0.05) is 5.92 Å². The van der Waals surface area contributed by atoms with Gasteiger partial charge in [0.15, 0.2) is 5.69 Å². The second kappa shape index (κ2) is 7.33. The van der Waals surface area contributed by atoms with Crippen LogP contribution in [0, 0.1) is 20.4 Å². The number of imide groups is 1. The van der Waals surface area contributed by atoms with Crippen LogP contribution >= 0.6 is 11.8 Å². The summed E-state index contributed by atoms with van der Waals surface area (Å²) in [7, 11) is 0. The number of nitrogens with one attached hydrogen (secondary N) is 1. The van der Waals surface area contributed by atoms with Crippen LogP contribution in [0.1, 0.15) is 41.0 Å². The first-order chi connectivity index (χ1) is 13.5. The van der Waals surface area contributed by atoms with Crippen molar-refractivity contribution in [1.29, 1.82) is 0 Å². The van der Waals surface area contributed by atoms with Gasteiger partial charge in [-0.3, -0.25) is 14.9 Å². The minimum Gasteiger partial charge on any atom is -0.457 e. The molecule has 1 aliphatic heterocycles. The maximum atomic E-state index is 12.1. The zero-order valence-corrected chi connectivity index (χ0v) is 16.6. The van der Waals surface area contributed by atoms with Crippen molar-refractivity contribution in [3.63, 3.8) is 0 Å². The van der Waals surface area contributed by atoms with Crippen LogP contribution in [0.5, 0.6) is 11.5 Å². The molecule has 2 amide bonds. The maximum absolute atomic E-state index is 12.1. The molecule has 6 heteroatoms. The van der Waals surface area contributed by atoms with Crippen molar-refractivity contribution in [3.05, 3.63) is 64.0 Å². The zero-order valence-electron chi connectivity index (χ0n) is 15.7. The Morgan fingerprint density at radius 1 is 1.14 bits per heavy atom. The van der Waals surface area contributed by atoms with Crippen LogP contribution in [0.15, 0.2) is 30.3 Å². The molecule has 0 bridgehead atoms. The van der Waals surface area contributed by atoms with E-state index in [1.54, 1.807) is 0 Å². The van der Waals surface area contributed by atoms with Gasteiger partial charge in [-0.15, -0.1) is 0 Å². The molecule has 1 N–H and O–H groups in total. The van der Waals surface area contributed by atoms with Gasteiger partial charge in [0.25, 0.3) is 5.24 Å². The Morgan fingerprint density at radius 3 is 2.54 bits per heavy atom. The van der Waals surface area contributed by atoms with Crippen molar-refractivity contribution >= 4 is 28.6 Å². The van der Waals surface area contributed by atoms with Crippen molar-refractivity contribution in [3.8, 4) is 11.5 Å². The lowest BCUT2D eigenvalue weighted by Gasteiger charge is -2.28. The molecule has 2 aromatic carbocycles. The number of carbonyl (C=O) groups excluding carboxylic acids is 2. The summed E-state index contributed by atoms with van der Waals surface area (Å²) in [6.45, 7) is 11.1. The van der Waals surface area contributed by atoms with Crippen LogP contribution in [0.3, 0.4) is 0 Å². The van der Waals surface area contributed by atoms with Crippen LogP contribution in [-0.4, -0.2) is 16.4 Å². The Bertz CT molecular complexity index is 1000. The topological polar surface area (TPSA) is 59.8 Å². The minimum atomic E-state index is -0.343. The molecule has 1 fully saturated rings. The van der Waals surface area contributed by atoms with Gasteiger partial charge in [-0.1, -0.05) is 17.8 Å². The van der Waals surface area contributed by atoms with E-state index >= 15 is 0 Å². The van der Waals surface area contributed by atoms with E-state index in [0.29, 0.717) is 11.4 Å². The van der Waals surface area contributed by atoms with E-state index in [1.165, 1.54) is 5.56 Å². The van der Waals surface area contributed by atoms with E-state index in [-0.39, 0.29) is 22.3 Å². The van der Waals surface area contributed by atoms with Gasteiger partial charge < -0.3 is 4.74 Å². The van der Waals surface area contributed by atoms with Crippen LogP contribution in [0.2, 0.25) is 0 Å². The van der Waals surface area contributed by atoms with Crippen molar-refractivity contribution in [2.45, 2.75) is 44.3 Å². The predicted molar refractivity (Wildman–Crippen MR) is 109 cm³/mol. The van der Waals surface area contributed by atoms with Gasteiger partial charge in [0.05, 0.1) is 6.57 Å². The molecule has 0 radical (unpaired) electrons. The van der Waals surface area contributed by atoms with Crippen molar-refractivity contribution < 1.29 is 14.3 Å². The highest BCUT2D eigenvalue weighted by atomic mass is 32.2. The second-order valence-electron chi connectivity index (χ2n) is 7.29. The third-order valence-corrected chi connectivity index (χ3v) is 6.48. The van der Waals surface area contributed by atoms with Crippen LogP contribution in [0.25, 0.3) is 4.85 Å². The van der Waals surface area contributed by atoms with Crippen molar-refractivity contribution in [2.75, 3.05) is 0 Å². The summed E-state index contributed by atoms with van der Waals surface area (Å²) in [5.41, 5.74) is 4.78. The number of fused-ring (bicyclic) bond motifs is 1. The predicted octanol–water partition coefficient (Wildman–Crippen LogP) is 5.42. The van der Waals surface area contributed by atoms with Gasteiger partial charge in [0.2, 0.25) is 5.91 Å². The fourth-order valence-corrected chi connectivity index (χ4v) is 5.13. The summed E-state index contributed by atoms with van der Waals surface area (Å²) in [5.74, 6) is 1.33. The number of amides is 2. The van der Waals surface area contributed by atoms with Crippen molar-refractivity contribution in [1.82, 2.24) is 5.32 Å². The largest absolute Gasteiger partial charge is 0.457 e. The fourth-order valence-electron chi connectivity index (χ4n) is 4.13. The van der Waals surface area contributed by atoms with E-state index in [1.807, 2.05) is 44.2 Å². The Morgan fingerprint density at radius 2 is 1.89 bits per heavy atom. The molecular formula is C22H20N2O3S. The smallest absolute Gasteiger partial charge is 0.286 e. The van der Waals surface area contributed by atoms with Crippen molar-refractivity contribution in [2.24, 2.45) is 0 Å². The highest BCUT2D eigenvalue weighted by molar-refractivity contribution is 8.15. The Kier molecular flexibility index (Phi) is 4.86. The number of nitrogens with zero attached hydrogens (tertiary/aromatic N) is 1. The second-order valence-corrected chi connectivity index (χ2v) is 8.41. The summed E-state index contributed by atoms with van der Waals surface area (Å²) in [4.78, 5) is 27.3. The summed E-state index contributed by atoms with van der Waals surface area (Å²) in [5, 5.41) is 1.80. The lowest BCUT2D eigenvalue weighted by molar-refractivity contribution is -0.119. The van der Waals surface area contributed by atoms with E-state index in [9.17, 15) is 9.59 Å². The Labute approximate surface area is 168 Å². The third kappa shape index (κ3) is 3.38. The van der Waals surface area contributed by atoms with E-state index in [0.717, 1.165) is 53.5 Å². The van der Waals surface area contributed by atoms with Crippen LogP contribution in [0.4, 0.5) is 10.5 Å². The number of rotatable bonds is 3. The molecule has 5 nitrogen and oxygen atoms in total. The van der Waals surface area contributed by atoms with E-state index < -0.39 is 0 Å². The molecule has 1 aliphatic carbocycles. The average Bonchev–Trinajstić information content (AvgIpc) is 2.99. The lowest BCUT2D eigenvalue weighted by Crippen LogP contribution is -2.30.